The summed E-state index contributed by atoms with van der Waals surface area (Å²) in [5.41, 5.74) is 6.14. The van der Waals surface area contributed by atoms with Crippen LogP contribution in [-0.4, -0.2) is 188 Å². The van der Waals surface area contributed by atoms with Crippen LogP contribution in [0.25, 0.3) is 0 Å². The molecule has 2 aromatic heterocycles. The summed E-state index contributed by atoms with van der Waals surface area (Å²) in [6.45, 7) is -3.94. The number of nitrogens with zero attached hydrogens (tertiary/aromatic N) is 7. The van der Waals surface area contributed by atoms with Crippen LogP contribution >= 0.6 is 0 Å². The minimum atomic E-state index is -1.42. The number of carbonyl (C=O) groups excluding carboxylic acids is 5. The highest BCUT2D eigenvalue weighted by atomic mass is 16.4. The Morgan fingerprint density at radius 3 is 1.58 bits per heavy atom. The Bertz CT molecular complexity index is 1900. The van der Waals surface area contributed by atoms with E-state index in [0.29, 0.717) is 47.0 Å². The van der Waals surface area contributed by atoms with Crippen LogP contribution in [0.15, 0.2) is 24.8 Å². The lowest BCUT2D eigenvalue weighted by molar-refractivity contribution is -0.150. The highest BCUT2D eigenvalue weighted by Gasteiger charge is 2.25. The van der Waals surface area contributed by atoms with Crippen molar-refractivity contribution in [1.82, 2.24) is 49.8 Å². The predicted octanol–water partition coefficient (Wildman–Crippen LogP) is -2.95. The molecule has 0 saturated heterocycles. The molecule has 0 bridgehead atoms. The third kappa shape index (κ3) is 21.3. The molecule has 0 fully saturated rings. The number of amides is 5. The Hall–Kier alpha value is -7.49. The van der Waals surface area contributed by atoms with E-state index in [0.717, 1.165) is 0 Å². The summed E-state index contributed by atoms with van der Waals surface area (Å²) in [7, 11) is 0. The molecule has 0 aromatic carbocycles. The predicted molar refractivity (Wildman–Crippen MR) is 221 cm³/mol. The first-order valence-electron chi connectivity index (χ1n) is 20.3. The van der Waals surface area contributed by atoms with Crippen molar-refractivity contribution in [2.75, 3.05) is 39.3 Å². The molecule has 0 saturated carbocycles. The van der Waals surface area contributed by atoms with Gasteiger partial charge in [-0.15, -0.1) is 0 Å². The van der Waals surface area contributed by atoms with Gasteiger partial charge >= 0.3 is 41.8 Å². The van der Waals surface area contributed by atoms with Crippen LogP contribution in [0.4, 0.5) is 4.79 Å². The standard InChI is InChI=1S/C38H55N11O17/c39-25(36(63)42-9-3-1-6-26(37(64)65)44-38(66)43-24(23-50)7-8-31(53)54)5-2-4-12-45(15-27-40-10-13-46(27)17-29(51)48(19-32(55)56)20-33(57)58)16-28-41-11-14-47(28)18-30(52)49(21-34(59)60)22-35(61)62/h10-11,13-14,23-26H,1-9,12,15-22,39H2,(H,42,63)(H,53,54)(H,55,56)(H,57,58)(H,59,60)(H,61,62)(H,64,65)(H2,43,44,66)/t24-,25-,26-/m0/s1. The monoisotopic (exact) mass is 937 g/mol. The number of carbonyl (C=O) groups is 11. The smallest absolute Gasteiger partial charge is 0.326 e. The van der Waals surface area contributed by atoms with E-state index in [4.69, 9.17) is 10.8 Å². The summed E-state index contributed by atoms with van der Waals surface area (Å²) in [6.07, 6.45) is 6.94. The zero-order valence-corrected chi connectivity index (χ0v) is 35.7. The highest BCUT2D eigenvalue weighted by Crippen LogP contribution is 2.13. The number of aldehydes is 1. The van der Waals surface area contributed by atoms with Crippen molar-refractivity contribution in [2.24, 2.45) is 5.73 Å². The fourth-order valence-corrected chi connectivity index (χ4v) is 6.22. The number of hydrogen-bond acceptors (Lipinski definition) is 15. The number of carboxylic acid groups (broad SMARTS) is 6. The van der Waals surface area contributed by atoms with Crippen molar-refractivity contribution in [3.05, 3.63) is 36.4 Å². The molecule has 0 aliphatic rings. The molecule has 66 heavy (non-hydrogen) atoms. The number of urea groups is 1. The van der Waals surface area contributed by atoms with Crippen LogP contribution in [0.1, 0.15) is 63.0 Å². The van der Waals surface area contributed by atoms with Gasteiger partial charge in [0.2, 0.25) is 17.7 Å². The van der Waals surface area contributed by atoms with Crippen LogP contribution in [0.2, 0.25) is 0 Å². The second-order valence-electron chi connectivity index (χ2n) is 14.8. The van der Waals surface area contributed by atoms with Gasteiger partial charge in [-0.2, -0.15) is 0 Å². The van der Waals surface area contributed by atoms with Crippen molar-refractivity contribution < 1.29 is 83.4 Å². The molecule has 28 nitrogen and oxygen atoms in total. The molecule has 5 amide bonds. The van der Waals surface area contributed by atoms with Gasteiger partial charge in [0.05, 0.1) is 25.2 Å². The second-order valence-corrected chi connectivity index (χ2v) is 14.8. The average Bonchev–Trinajstić information content (AvgIpc) is 3.86. The zero-order valence-electron chi connectivity index (χ0n) is 35.7. The van der Waals surface area contributed by atoms with Crippen LogP contribution in [0, 0.1) is 0 Å². The van der Waals surface area contributed by atoms with Gasteiger partial charge in [-0.1, -0.05) is 6.42 Å². The maximum absolute atomic E-state index is 13.0. The molecule has 0 aliphatic carbocycles. The number of nitrogens with one attached hydrogen (secondary N) is 3. The number of carboxylic acids is 6. The molecule has 364 valence electrons. The molecule has 0 spiro atoms. The molecule has 3 atom stereocenters. The number of rotatable bonds is 34. The summed E-state index contributed by atoms with van der Waals surface area (Å²) in [4.78, 5) is 142. The van der Waals surface area contributed by atoms with Crippen LogP contribution in [-0.2, 0) is 74.1 Å². The normalized spacial score (nSPS) is 12.3. The van der Waals surface area contributed by atoms with Crippen LogP contribution < -0.4 is 21.7 Å². The van der Waals surface area contributed by atoms with E-state index in [9.17, 15) is 78.3 Å². The van der Waals surface area contributed by atoms with Gasteiger partial charge in [-0.25, -0.2) is 19.6 Å². The lowest BCUT2D eigenvalue weighted by Crippen LogP contribution is -2.49. The van der Waals surface area contributed by atoms with Crippen molar-refractivity contribution in [1.29, 1.82) is 0 Å². The SMILES string of the molecule is N[C@@H](CCCCN(Cc1nccn1CC(=O)N(CC(=O)O)CC(=O)O)Cc1nccn1CC(=O)N(CC(=O)O)CC(=O)O)C(=O)NCCCC[C@H](NC(=O)N[C@H](C=O)CCC(=O)O)C(=O)O. The first kappa shape index (κ1) is 54.6. The van der Waals surface area contributed by atoms with E-state index < -0.39 is 123 Å². The fraction of sp³-hybridized carbons (Fsp3) is 0.553. The Balaban J connectivity index is 2.07. The van der Waals surface area contributed by atoms with Gasteiger partial charge in [0.1, 0.15) is 63.2 Å². The van der Waals surface area contributed by atoms with Gasteiger partial charge < -0.3 is 76.1 Å². The molecule has 2 aromatic rings. The van der Waals surface area contributed by atoms with Crippen molar-refractivity contribution in [3.63, 3.8) is 0 Å². The maximum Gasteiger partial charge on any atom is 0.326 e. The number of nitrogens with two attached hydrogens (primary N) is 1. The maximum atomic E-state index is 13.0. The third-order valence-electron chi connectivity index (χ3n) is 9.50. The molecule has 0 unspecified atom stereocenters. The minimum absolute atomic E-state index is 0.0185. The number of aliphatic carboxylic acids is 6. The Morgan fingerprint density at radius 2 is 1.14 bits per heavy atom. The summed E-state index contributed by atoms with van der Waals surface area (Å²) < 4.78 is 2.79. The van der Waals surface area contributed by atoms with Crippen molar-refractivity contribution in [3.8, 4) is 0 Å². The second kappa shape index (κ2) is 28.3. The van der Waals surface area contributed by atoms with E-state index in [1.807, 2.05) is 0 Å². The molecular formula is C38H55N11O17. The summed E-state index contributed by atoms with van der Waals surface area (Å²) in [5, 5.41) is 62.2. The highest BCUT2D eigenvalue weighted by molar-refractivity contribution is 5.86. The number of imidazole rings is 2. The minimum Gasteiger partial charge on any atom is -0.481 e. The molecule has 11 N–H and O–H groups in total. The molecule has 28 heteroatoms. The lowest BCUT2D eigenvalue weighted by Gasteiger charge is -2.24. The van der Waals surface area contributed by atoms with E-state index in [-0.39, 0.29) is 51.9 Å². The lowest BCUT2D eigenvalue weighted by atomic mass is 10.1. The van der Waals surface area contributed by atoms with Crippen LogP contribution in [0.3, 0.4) is 0 Å². The van der Waals surface area contributed by atoms with E-state index in [1.54, 1.807) is 4.90 Å². The Morgan fingerprint density at radius 1 is 0.652 bits per heavy atom. The Kier molecular flexibility index (Phi) is 23.5. The van der Waals surface area contributed by atoms with Gasteiger partial charge in [0.15, 0.2) is 0 Å². The topological polar surface area (TPSA) is 417 Å². The first-order valence-corrected chi connectivity index (χ1v) is 20.3. The van der Waals surface area contributed by atoms with Crippen molar-refractivity contribution >= 4 is 65.9 Å². The number of aromatic nitrogens is 4. The Labute approximate surface area is 375 Å². The molecule has 2 rings (SSSR count). The molecule has 0 aliphatic heterocycles. The zero-order chi connectivity index (χ0) is 49.3. The number of unbranched alkanes of at least 4 members (excludes halogenated alkanes) is 2. The summed E-state index contributed by atoms with van der Waals surface area (Å²) in [6, 6.07) is -4.39. The van der Waals surface area contributed by atoms with Gasteiger partial charge in [0, 0.05) is 37.8 Å². The molecule has 2 heterocycles. The van der Waals surface area contributed by atoms with Gasteiger partial charge in [0.25, 0.3) is 0 Å². The van der Waals surface area contributed by atoms with Gasteiger partial charge in [-0.3, -0.25) is 43.3 Å². The average molecular weight is 938 g/mol. The molecular weight excluding hydrogens is 882 g/mol. The van der Waals surface area contributed by atoms with Crippen molar-refractivity contribution in [2.45, 2.75) is 95.7 Å². The quantitative estimate of drug-likeness (QED) is 0.0248. The fourth-order valence-electron chi connectivity index (χ4n) is 6.22. The first-order chi connectivity index (χ1) is 31.2. The van der Waals surface area contributed by atoms with E-state index in [2.05, 4.69) is 25.9 Å². The van der Waals surface area contributed by atoms with E-state index in [1.165, 1.54) is 33.9 Å². The van der Waals surface area contributed by atoms with Gasteiger partial charge in [-0.05, 0) is 45.1 Å². The summed E-state index contributed by atoms with van der Waals surface area (Å²) in [5.74, 6) is -9.76. The number of hydrogen-bond donors (Lipinski definition) is 10. The summed E-state index contributed by atoms with van der Waals surface area (Å²) >= 11 is 0. The largest absolute Gasteiger partial charge is 0.481 e. The van der Waals surface area contributed by atoms with Crippen LogP contribution in [0.5, 0.6) is 0 Å². The molecule has 0 radical (unpaired) electrons. The third-order valence-corrected chi connectivity index (χ3v) is 9.50. The van der Waals surface area contributed by atoms with E-state index >= 15 is 0 Å².